The SMILES string of the molecule is CCCC1CCCC(N[C@H](C)c2ccncc2)CC1. The van der Waals surface area contributed by atoms with Crippen LogP contribution in [0.25, 0.3) is 0 Å². The van der Waals surface area contributed by atoms with Gasteiger partial charge in [0.15, 0.2) is 0 Å². The average Bonchev–Trinajstić information content (AvgIpc) is 2.66. The van der Waals surface area contributed by atoms with Crippen LogP contribution < -0.4 is 5.32 Å². The van der Waals surface area contributed by atoms with E-state index in [-0.39, 0.29) is 0 Å². The van der Waals surface area contributed by atoms with Gasteiger partial charge in [-0.15, -0.1) is 0 Å². The van der Waals surface area contributed by atoms with Gasteiger partial charge in [-0.3, -0.25) is 4.98 Å². The Kier molecular flexibility index (Phi) is 5.84. The third-order valence-corrected chi connectivity index (χ3v) is 4.48. The van der Waals surface area contributed by atoms with E-state index < -0.39 is 0 Å². The predicted octanol–water partition coefficient (Wildman–Crippen LogP) is 4.48. The number of aromatic nitrogens is 1. The van der Waals surface area contributed by atoms with Crippen molar-refractivity contribution in [2.24, 2.45) is 5.92 Å². The Morgan fingerprint density at radius 3 is 2.74 bits per heavy atom. The first-order chi connectivity index (χ1) is 9.29. The van der Waals surface area contributed by atoms with E-state index in [2.05, 4.69) is 36.3 Å². The fourth-order valence-electron chi connectivity index (χ4n) is 3.34. The van der Waals surface area contributed by atoms with Crippen LogP contribution in [0.3, 0.4) is 0 Å². The molecule has 19 heavy (non-hydrogen) atoms. The summed E-state index contributed by atoms with van der Waals surface area (Å²) in [5, 5.41) is 3.81. The monoisotopic (exact) mass is 260 g/mol. The highest BCUT2D eigenvalue weighted by molar-refractivity contribution is 5.14. The molecule has 0 bridgehead atoms. The molecule has 1 aromatic heterocycles. The van der Waals surface area contributed by atoms with Crippen molar-refractivity contribution in [3.05, 3.63) is 30.1 Å². The van der Waals surface area contributed by atoms with E-state index in [0.29, 0.717) is 12.1 Å². The molecule has 1 heterocycles. The number of hydrogen-bond donors (Lipinski definition) is 1. The van der Waals surface area contributed by atoms with E-state index in [1.807, 2.05) is 12.4 Å². The lowest BCUT2D eigenvalue weighted by Gasteiger charge is -2.22. The van der Waals surface area contributed by atoms with E-state index >= 15 is 0 Å². The maximum Gasteiger partial charge on any atom is 0.0295 e. The molecular formula is C17H28N2. The quantitative estimate of drug-likeness (QED) is 0.789. The molecule has 3 atom stereocenters. The summed E-state index contributed by atoms with van der Waals surface area (Å²) in [6, 6.07) is 5.38. The van der Waals surface area contributed by atoms with Crippen LogP contribution in [-0.2, 0) is 0 Å². The molecule has 2 nitrogen and oxygen atoms in total. The first-order valence-electron chi connectivity index (χ1n) is 7.95. The maximum absolute atomic E-state index is 4.09. The minimum atomic E-state index is 0.440. The topological polar surface area (TPSA) is 24.9 Å². The molecule has 106 valence electrons. The maximum atomic E-state index is 4.09. The van der Waals surface area contributed by atoms with Gasteiger partial charge in [-0.2, -0.15) is 0 Å². The lowest BCUT2D eigenvalue weighted by molar-refractivity contribution is 0.393. The van der Waals surface area contributed by atoms with Crippen LogP contribution in [0.5, 0.6) is 0 Å². The first-order valence-corrected chi connectivity index (χ1v) is 7.95. The standard InChI is InChI=1S/C17H28N2/c1-3-5-15-6-4-7-17(9-8-15)19-14(2)16-10-12-18-13-11-16/h10-15,17,19H,3-9H2,1-2H3/t14-,15?,17?/m1/s1. The minimum Gasteiger partial charge on any atom is -0.307 e. The molecule has 2 unspecified atom stereocenters. The van der Waals surface area contributed by atoms with Gasteiger partial charge in [-0.25, -0.2) is 0 Å². The van der Waals surface area contributed by atoms with E-state index in [4.69, 9.17) is 0 Å². The highest BCUT2D eigenvalue weighted by Gasteiger charge is 2.19. The average molecular weight is 260 g/mol. The van der Waals surface area contributed by atoms with Gasteiger partial charge >= 0.3 is 0 Å². The lowest BCUT2D eigenvalue weighted by atomic mass is 9.95. The molecule has 1 saturated carbocycles. The Morgan fingerprint density at radius 1 is 1.21 bits per heavy atom. The number of nitrogens with zero attached hydrogens (tertiary/aromatic N) is 1. The number of nitrogens with one attached hydrogen (secondary N) is 1. The Balaban J connectivity index is 1.83. The van der Waals surface area contributed by atoms with Gasteiger partial charge in [0.05, 0.1) is 0 Å². The second-order valence-corrected chi connectivity index (χ2v) is 6.03. The van der Waals surface area contributed by atoms with Crippen LogP contribution in [0, 0.1) is 5.92 Å². The minimum absolute atomic E-state index is 0.440. The van der Waals surface area contributed by atoms with Crippen molar-refractivity contribution in [2.45, 2.75) is 70.9 Å². The van der Waals surface area contributed by atoms with Crippen molar-refractivity contribution in [2.75, 3.05) is 0 Å². The van der Waals surface area contributed by atoms with Gasteiger partial charge in [-0.1, -0.05) is 32.6 Å². The van der Waals surface area contributed by atoms with Crippen molar-refractivity contribution in [3.63, 3.8) is 0 Å². The Bertz CT molecular complexity index is 350. The van der Waals surface area contributed by atoms with Crippen LogP contribution >= 0.6 is 0 Å². The van der Waals surface area contributed by atoms with Crippen LogP contribution in [0.15, 0.2) is 24.5 Å². The summed E-state index contributed by atoms with van der Waals surface area (Å²) in [4.78, 5) is 4.09. The second-order valence-electron chi connectivity index (χ2n) is 6.03. The van der Waals surface area contributed by atoms with Crippen molar-refractivity contribution < 1.29 is 0 Å². The zero-order chi connectivity index (χ0) is 13.5. The van der Waals surface area contributed by atoms with Gasteiger partial charge in [0.1, 0.15) is 0 Å². The summed E-state index contributed by atoms with van der Waals surface area (Å²) in [7, 11) is 0. The van der Waals surface area contributed by atoms with Gasteiger partial charge in [-0.05, 0) is 49.8 Å². The van der Waals surface area contributed by atoms with Crippen LogP contribution in [0.4, 0.5) is 0 Å². The third kappa shape index (κ3) is 4.61. The lowest BCUT2D eigenvalue weighted by Crippen LogP contribution is -2.31. The molecule has 1 aliphatic carbocycles. The molecular weight excluding hydrogens is 232 g/mol. The first kappa shape index (κ1) is 14.5. The zero-order valence-corrected chi connectivity index (χ0v) is 12.4. The van der Waals surface area contributed by atoms with Crippen LogP contribution in [0.1, 0.15) is 70.4 Å². The molecule has 1 fully saturated rings. The number of hydrogen-bond acceptors (Lipinski definition) is 2. The summed E-state index contributed by atoms with van der Waals surface area (Å²) in [5.74, 6) is 0.980. The molecule has 0 aliphatic heterocycles. The molecule has 0 amide bonds. The van der Waals surface area contributed by atoms with E-state index in [1.165, 1.54) is 50.5 Å². The number of rotatable bonds is 5. The molecule has 0 radical (unpaired) electrons. The molecule has 2 rings (SSSR count). The van der Waals surface area contributed by atoms with E-state index in [1.54, 1.807) is 0 Å². The fourth-order valence-corrected chi connectivity index (χ4v) is 3.34. The summed E-state index contributed by atoms with van der Waals surface area (Å²) in [6.45, 7) is 4.58. The largest absolute Gasteiger partial charge is 0.307 e. The Morgan fingerprint density at radius 2 is 2.00 bits per heavy atom. The van der Waals surface area contributed by atoms with E-state index in [0.717, 1.165) is 5.92 Å². The van der Waals surface area contributed by atoms with Crippen molar-refractivity contribution in [1.82, 2.24) is 10.3 Å². The van der Waals surface area contributed by atoms with Crippen molar-refractivity contribution in [1.29, 1.82) is 0 Å². The van der Waals surface area contributed by atoms with Crippen molar-refractivity contribution >= 4 is 0 Å². The van der Waals surface area contributed by atoms with E-state index in [9.17, 15) is 0 Å². The highest BCUT2D eigenvalue weighted by atomic mass is 14.9. The molecule has 1 N–H and O–H groups in total. The molecule has 0 aromatic carbocycles. The predicted molar refractivity (Wildman–Crippen MR) is 81.1 cm³/mol. The summed E-state index contributed by atoms with van der Waals surface area (Å²) >= 11 is 0. The molecule has 1 aliphatic rings. The van der Waals surface area contributed by atoms with Crippen molar-refractivity contribution in [3.8, 4) is 0 Å². The summed E-state index contributed by atoms with van der Waals surface area (Å²) < 4.78 is 0. The summed E-state index contributed by atoms with van der Waals surface area (Å²) in [6.07, 6.45) is 13.5. The Hall–Kier alpha value is -0.890. The molecule has 1 aromatic rings. The second kappa shape index (κ2) is 7.64. The number of pyridine rings is 1. The third-order valence-electron chi connectivity index (χ3n) is 4.48. The smallest absolute Gasteiger partial charge is 0.0295 e. The van der Waals surface area contributed by atoms with Crippen LogP contribution in [-0.4, -0.2) is 11.0 Å². The van der Waals surface area contributed by atoms with Crippen LogP contribution in [0.2, 0.25) is 0 Å². The Labute approximate surface area is 118 Å². The van der Waals surface area contributed by atoms with Gasteiger partial charge in [0, 0.05) is 24.5 Å². The zero-order valence-electron chi connectivity index (χ0n) is 12.4. The van der Waals surface area contributed by atoms with Gasteiger partial charge < -0.3 is 5.32 Å². The molecule has 0 saturated heterocycles. The normalized spacial score (nSPS) is 25.8. The molecule has 0 spiro atoms. The highest BCUT2D eigenvalue weighted by Crippen LogP contribution is 2.27. The summed E-state index contributed by atoms with van der Waals surface area (Å²) in [5.41, 5.74) is 1.35. The van der Waals surface area contributed by atoms with Gasteiger partial charge in [0.2, 0.25) is 0 Å². The molecule has 2 heteroatoms. The fraction of sp³-hybridized carbons (Fsp3) is 0.706. The van der Waals surface area contributed by atoms with Gasteiger partial charge in [0.25, 0.3) is 0 Å².